The minimum atomic E-state index is -0.904. The highest BCUT2D eigenvalue weighted by atomic mass is 16.4. The van der Waals surface area contributed by atoms with Gasteiger partial charge < -0.3 is 5.11 Å². The summed E-state index contributed by atoms with van der Waals surface area (Å²) >= 11 is 0. The van der Waals surface area contributed by atoms with Crippen molar-refractivity contribution in [2.75, 3.05) is 0 Å². The zero-order valence-electron chi connectivity index (χ0n) is 6.95. The SMILES string of the molecule is CC(C)C/C=C/C=C\C(=O)O. The first kappa shape index (κ1) is 9.95. The molecule has 0 rings (SSSR count). The molecular weight excluding hydrogens is 140 g/mol. The normalized spacial score (nSPS) is 11.9. The smallest absolute Gasteiger partial charge is 0.328 e. The van der Waals surface area contributed by atoms with Crippen molar-refractivity contribution in [1.29, 1.82) is 0 Å². The first-order valence-corrected chi connectivity index (χ1v) is 3.69. The van der Waals surface area contributed by atoms with Crippen LogP contribution < -0.4 is 0 Å². The first-order chi connectivity index (χ1) is 5.13. The summed E-state index contributed by atoms with van der Waals surface area (Å²) in [6.45, 7) is 4.23. The van der Waals surface area contributed by atoms with Crippen molar-refractivity contribution < 1.29 is 9.90 Å². The Bertz CT molecular complexity index is 166. The molecule has 1 N–H and O–H groups in total. The van der Waals surface area contributed by atoms with Gasteiger partial charge in [0.05, 0.1) is 0 Å². The van der Waals surface area contributed by atoms with Gasteiger partial charge in [0.25, 0.3) is 0 Å². The number of carbonyl (C=O) groups is 1. The van der Waals surface area contributed by atoms with Crippen molar-refractivity contribution in [2.45, 2.75) is 20.3 Å². The minimum Gasteiger partial charge on any atom is -0.478 e. The highest BCUT2D eigenvalue weighted by Crippen LogP contribution is 1.99. The van der Waals surface area contributed by atoms with Crippen molar-refractivity contribution >= 4 is 5.97 Å². The van der Waals surface area contributed by atoms with E-state index in [1.165, 1.54) is 6.08 Å². The third-order valence-corrected chi connectivity index (χ3v) is 1.09. The van der Waals surface area contributed by atoms with Gasteiger partial charge in [-0.05, 0) is 12.3 Å². The van der Waals surface area contributed by atoms with Gasteiger partial charge in [0.2, 0.25) is 0 Å². The summed E-state index contributed by atoms with van der Waals surface area (Å²) < 4.78 is 0. The van der Waals surface area contributed by atoms with Gasteiger partial charge in [0.15, 0.2) is 0 Å². The van der Waals surface area contributed by atoms with E-state index in [1.807, 2.05) is 6.08 Å². The van der Waals surface area contributed by atoms with Crippen LogP contribution in [0.1, 0.15) is 20.3 Å². The standard InChI is InChI=1S/C9H14O2/c1-8(2)6-4-3-5-7-9(10)11/h3-5,7-8H,6H2,1-2H3,(H,10,11)/b4-3+,7-5-. The lowest BCUT2D eigenvalue weighted by Gasteiger charge is -1.94. The summed E-state index contributed by atoms with van der Waals surface area (Å²) in [5.41, 5.74) is 0. The molecule has 0 aliphatic carbocycles. The zero-order valence-corrected chi connectivity index (χ0v) is 6.95. The Morgan fingerprint density at radius 3 is 2.55 bits per heavy atom. The zero-order chi connectivity index (χ0) is 8.69. The van der Waals surface area contributed by atoms with Gasteiger partial charge in [-0.3, -0.25) is 0 Å². The predicted molar refractivity (Wildman–Crippen MR) is 45.4 cm³/mol. The summed E-state index contributed by atoms with van der Waals surface area (Å²) in [6, 6.07) is 0. The number of hydrogen-bond donors (Lipinski definition) is 1. The van der Waals surface area contributed by atoms with Crippen LogP contribution >= 0.6 is 0 Å². The van der Waals surface area contributed by atoms with Gasteiger partial charge in [-0.15, -0.1) is 0 Å². The molecule has 0 unspecified atom stereocenters. The number of carboxylic acid groups (broad SMARTS) is 1. The Hall–Kier alpha value is -1.05. The van der Waals surface area contributed by atoms with Crippen molar-refractivity contribution in [3.8, 4) is 0 Å². The van der Waals surface area contributed by atoms with Crippen LogP contribution in [-0.4, -0.2) is 11.1 Å². The van der Waals surface area contributed by atoms with E-state index in [2.05, 4.69) is 13.8 Å². The highest BCUT2D eigenvalue weighted by Gasteiger charge is 1.85. The fourth-order valence-corrected chi connectivity index (χ4v) is 0.567. The van der Waals surface area contributed by atoms with Gasteiger partial charge in [0, 0.05) is 6.08 Å². The van der Waals surface area contributed by atoms with Crippen LogP contribution in [0.3, 0.4) is 0 Å². The minimum absolute atomic E-state index is 0.629. The summed E-state index contributed by atoms with van der Waals surface area (Å²) in [7, 11) is 0. The number of aliphatic carboxylic acids is 1. The van der Waals surface area contributed by atoms with E-state index < -0.39 is 5.97 Å². The monoisotopic (exact) mass is 154 g/mol. The largest absolute Gasteiger partial charge is 0.478 e. The maximum absolute atomic E-state index is 9.98. The molecule has 0 bridgehead atoms. The van der Waals surface area contributed by atoms with Gasteiger partial charge >= 0.3 is 5.97 Å². The molecule has 0 saturated heterocycles. The van der Waals surface area contributed by atoms with Crippen molar-refractivity contribution in [3.63, 3.8) is 0 Å². The number of hydrogen-bond acceptors (Lipinski definition) is 1. The molecule has 2 heteroatoms. The molecule has 0 radical (unpaired) electrons. The Balaban J connectivity index is 3.52. The van der Waals surface area contributed by atoms with Gasteiger partial charge in [-0.1, -0.05) is 32.1 Å². The Kier molecular flexibility index (Phi) is 5.17. The lowest BCUT2D eigenvalue weighted by atomic mass is 10.1. The molecule has 0 atom stereocenters. The molecule has 2 nitrogen and oxygen atoms in total. The van der Waals surface area contributed by atoms with Crippen molar-refractivity contribution in [3.05, 3.63) is 24.3 Å². The number of rotatable bonds is 4. The van der Waals surface area contributed by atoms with Gasteiger partial charge in [-0.2, -0.15) is 0 Å². The molecule has 0 amide bonds. The van der Waals surface area contributed by atoms with E-state index in [0.717, 1.165) is 12.5 Å². The summed E-state index contributed by atoms with van der Waals surface area (Å²) in [4.78, 5) is 9.98. The van der Waals surface area contributed by atoms with Crippen LogP contribution in [0.25, 0.3) is 0 Å². The van der Waals surface area contributed by atoms with Crippen LogP contribution in [0.2, 0.25) is 0 Å². The fraction of sp³-hybridized carbons (Fsp3) is 0.444. The second-order valence-electron chi connectivity index (χ2n) is 2.76. The van der Waals surface area contributed by atoms with E-state index in [-0.39, 0.29) is 0 Å². The molecule has 11 heavy (non-hydrogen) atoms. The average Bonchev–Trinajstić information content (AvgIpc) is 1.85. The molecule has 0 saturated carbocycles. The lowest BCUT2D eigenvalue weighted by Crippen LogP contribution is -1.84. The number of carboxylic acids is 1. The molecule has 0 heterocycles. The molecule has 0 fully saturated rings. The average molecular weight is 154 g/mol. The fourth-order valence-electron chi connectivity index (χ4n) is 0.567. The molecule has 0 aromatic carbocycles. The lowest BCUT2D eigenvalue weighted by molar-refractivity contribution is -0.131. The predicted octanol–water partition coefficient (Wildman–Crippen LogP) is 2.23. The first-order valence-electron chi connectivity index (χ1n) is 3.69. The van der Waals surface area contributed by atoms with Crippen LogP contribution in [-0.2, 0) is 4.79 Å². The molecule has 0 aromatic rings. The van der Waals surface area contributed by atoms with E-state index >= 15 is 0 Å². The highest BCUT2D eigenvalue weighted by molar-refractivity contribution is 5.80. The molecular formula is C9H14O2. The second-order valence-corrected chi connectivity index (χ2v) is 2.76. The summed E-state index contributed by atoms with van der Waals surface area (Å²) in [5.74, 6) is -0.274. The molecule has 0 aliphatic heterocycles. The third-order valence-electron chi connectivity index (χ3n) is 1.09. The van der Waals surface area contributed by atoms with Gasteiger partial charge in [-0.25, -0.2) is 4.79 Å². The van der Waals surface area contributed by atoms with Crippen LogP contribution in [0.5, 0.6) is 0 Å². The summed E-state index contributed by atoms with van der Waals surface area (Å²) in [6.07, 6.45) is 7.36. The molecule has 0 spiro atoms. The maximum atomic E-state index is 9.98. The molecule has 0 aromatic heterocycles. The topological polar surface area (TPSA) is 37.3 Å². The second kappa shape index (κ2) is 5.71. The van der Waals surface area contributed by atoms with E-state index in [0.29, 0.717) is 5.92 Å². The van der Waals surface area contributed by atoms with Gasteiger partial charge in [0.1, 0.15) is 0 Å². The van der Waals surface area contributed by atoms with Crippen LogP contribution in [0.15, 0.2) is 24.3 Å². The Morgan fingerprint density at radius 2 is 2.09 bits per heavy atom. The Morgan fingerprint density at radius 1 is 1.45 bits per heavy atom. The molecule has 0 aliphatic rings. The van der Waals surface area contributed by atoms with E-state index in [1.54, 1.807) is 6.08 Å². The van der Waals surface area contributed by atoms with E-state index in [4.69, 9.17) is 5.11 Å². The van der Waals surface area contributed by atoms with E-state index in [9.17, 15) is 4.79 Å². The number of allylic oxidation sites excluding steroid dienone is 3. The summed E-state index contributed by atoms with van der Waals surface area (Å²) in [5, 5.41) is 8.20. The third kappa shape index (κ3) is 8.95. The van der Waals surface area contributed by atoms with Crippen LogP contribution in [0, 0.1) is 5.92 Å². The quantitative estimate of drug-likeness (QED) is 0.498. The Labute approximate surface area is 67.2 Å². The van der Waals surface area contributed by atoms with Crippen molar-refractivity contribution in [2.24, 2.45) is 5.92 Å². The van der Waals surface area contributed by atoms with Crippen molar-refractivity contribution in [1.82, 2.24) is 0 Å². The maximum Gasteiger partial charge on any atom is 0.328 e. The van der Waals surface area contributed by atoms with Crippen LogP contribution in [0.4, 0.5) is 0 Å². The molecule has 62 valence electrons.